The van der Waals surface area contributed by atoms with E-state index in [2.05, 4.69) is 5.32 Å². The highest BCUT2D eigenvalue weighted by molar-refractivity contribution is 6.31. The molecule has 5 heteroatoms. The molecule has 0 aliphatic heterocycles. The highest BCUT2D eigenvalue weighted by Crippen LogP contribution is 2.32. The first-order valence-electron chi connectivity index (χ1n) is 5.98. The van der Waals surface area contributed by atoms with E-state index in [1.165, 1.54) is 12.1 Å². The Kier molecular flexibility index (Phi) is 4.09. The van der Waals surface area contributed by atoms with E-state index in [1.807, 2.05) is 0 Å². The molecule has 98 valence electrons. The Morgan fingerprint density at radius 3 is 2.83 bits per heavy atom. The Labute approximate surface area is 111 Å². The van der Waals surface area contributed by atoms with Crippen LogP contribution in [0.3, 0.4) is 0 Å². The smallest absolute Gasteiger partial charge is 0.224 e. The van der Waals surface area contributed by atoms with Crippen LogP contribution in [0, 0.1) is 5.92 Å². The number of aliphatic hydroxyl groups is 1. The van der Waals surface area contributed by atoms with Crippen molar-refractivity contribution in [3.8, 4) is 5.75 Å². The van der Waals surface area contributed by atoms with Crippen molar-refractivity contribution in [2.45, 2.75) is 25.4 Å². The van der Waals surface area contributed by atoms with Gasteiger partial charge in [0.25, 0.3) is 0 Å². The number of amides is 1. The summed E-state index contributed by atoms with van der Waals surface area (Å²) in [5, 5.41) is 21.9. The van der Waals surface area contributed by atoms with Gasteiger partial charge in [0.1, 0.15) is 5.75 Å². The topological polar surface area (TPSA) is 69.6 Å². The number of halogens is 1. The third-order valence-corrected chi connectivity index (χ3v) is 3.41. The van der Waals surface area contributed by atoms with Gasteiger partial charge in [0.15, 0.2) is 0 Å². The van der Waals surface area contributed by atoms with Gasteiger partial charge < -0.3 is 15.5 Å². The van der Waals surface area contributed by atoms with Gasteiger partial charge in [0.2, 0.25) is 5.91 Å². The summed E-state index contributed by atoms with van der Waals surface area (Å²) in [7, 11) is 0. The second-order valence-electron chi connectivity index (χ2n) is 4.66. The van der Waals surface area contributed by atoms with Crippen LogP contribution in [0.25, 0.3) is 0 Å². The Morgan fingerprint density at radius 1 is 1.50 bits per heavy atom. The largest absolute Gasteiger partial charge is 0.508 e. The van der Waals surface area contributed by atoms with Crippen LogP contribution in [0.1, 0.15) is 18.4 Å². The number of benzene rings is 1. The Balaban J connectivity index is 1.82. The predicted molar refractivity (Wildman–Crippen MR) is 68.6 cm³/mol. The molecule has 3 N–H and O–H groups in total. The van der Waals surface area contributed by atoms with Gasteiger partial charge in [-0.15, -0.1) is 0 Å². The molecule has 0 heterocycles. The quantitative estimate of drug-likeness (QED) is 0.758. The van der Waals surface area contributed by atoms with E-state index in [0.717, 1.165) is 12.8 Å². The molecule has 0 saturated heterocycles. The molecule has 1 aromatic carbocycles. The molecule has 1 aromatic rings. The molecule has 1 amide bonds. The van der Waals surface area contributed by atoms with Gasteiger partial charge in [-0.05, 0) is 36.5 Å². The molecule has 1 aliphatic carbocycles. The number of phenolic OH excluding ortho intramolecular Hbond substituents is 1. The summed E-state index contributed by atoms with van der Waals surface area (Å²) in [6, 6.07) is 4.52. The number of hydrogen-bond donors (Lipinski definition) is 3. The van der Waals surface area contributed by atoms with Crippen LogP contribution in [0.4, 0.5) is 0 Å². The van der Waals surface area contributed by atoms with E-state index in [-0.39, 0.29) is 18.1 Å². The molecule has 0 aromatic heterocycles. The fourth-order valence-corrected chi connectivity index (χ4v) is 2.02. The van der Waals surface area contributed by atoms with Crippen molar-refractivity contribution in [3.63, 3.8) is 0 Å². The minimum atomic E-state index is -0.441. The zero-order chi connectivity index (χ0) is 13.1. The molecule has 0 spiro atoms. The van der Waals surface area contributed by atoms with Gasteiger partial charge in [-0.2, -0.15) is 0 Å². The maximum atomic E-state index is 11.7. The standard InChI is InChI=1S/C13H16ClNO3/c14-11-6-10(16)4-3-9(11)5-13(18)15-7-12(17)8-1-2-8/h3-4,6,8,12,16-17H,1-2,5,7H2,(H,15,18). The van der Waals surface area contributed by atoms with Crippen LogP contribution >= 0.6 is 11.6 Å². The molecule has 1 aliphatic rings. The van der Waals surface area contributed by atoms with Gasteiger partial charge >= 0.3 is 0 Å². The third kappa shape index (κ3) is 3.62. The molecule has 2 rings (SSSR count). The first kappa shape index (κ1) is 13.2. The van der Waals surface area contributed by atoms with Crippen LogP contribution in [0.2, 0.25) is 5.02 Å². The lowest BCUT2D eigenvalue weighted by Crippen LogP contribution is -2.34. The van der Waals surface area contributed by atoms with E-state index in [9.17, 15) is 15.0 Å². The molecule has 0 radical (unpaired) electrons. The number of rotatable bonds is 5. The number of nitrogens with one attached hydrogen (secondary N) is 1. The van der Waals surface area contributed by atoms with Crippen molar-refractivity contribution < 1.29 is 15.0 Å². The van der Waals surface area contributed by atoms with Crippen LogP contribution in [-0.2, 0) is 11.2 Å². The number of aromatic hydroxyl groups is 1. The van der Waals surface area contributed by atoms with Crippen LogP contribution < -0.4 is 5.32 Å². The minimum absolute atomic E-state index is 0.0771. The molecule has 1 unspecified atom stereocenters. The summed E-state index contributed by atoms with van der Waals surface area (Å²) in [6.07, 6.45) is 1.79. The normalized spacial score (nSPS) is 16.3. The summed E-state index contributed by atoms with van der Waals surface area (Å²) < 4.78 is 0. The van der Waals surface area contributed by atoms with Crippen molar-refractivity contribution in [2.75, 3.05) is 6.54 Å². The van der Waals surface area contributed by atoms with E-state index >= 15 is 0 Å². The van der Waals surface area contributed by atoms with Crippen LogP contribution in [-0.4, -0.2) is 28.8 Å². The van der Waals surface area contributed by atoms with Crippen molar-refractivity contribution >= 4 is 17.5 Å². The van der Waals surface area contributed by atoms with Gasteiger partial charge in [-0.3, -0.25) is 4.79 Å². The lowest BCUT2D eigenvalue weighted by atomic mass is 10.1. The molecule has 4 nitrogen and oxygen atoms in total. The number of aliphatic hydroxyl groups excluding tert-OH is 1. The number of carbonyl (C=O) groups excluding carboxylic acids is 1. The van der Waals surface area contributed by atoms with Gasteiger partial charge in [-0.1, -0.05) is 17.7 Å². The van der Waals surface area contributed by atoms with Crippen LogP contribution in [0.5, 0.6) is 5.75 Å². The minimum Gasteiger partial charge on any atom is -0.508 e. The Hall–Kier alpha value is -1.26. The van der Waals surface area contributed by atoms with Gasteiger partial charge in [0.05, 0.1) is 12.5 Å². The molecular weight excluding hydrogens is 254 g/mol. The summed E-state index contributed by atoms with van der Waals surface area (Å²) in [5.74, 6) is 0.248. The zero-order valence-corrected chi connectivity index (χ0v) is 10.7. The van der Waals surface area contributed by atoms with E-state index in [4.69, 9.17) is 11.6 Å². The van der Waals surface area contributed by atoms with Crippen molar-refractivity contribution in [2.24, 2.45) is 5.92 Å². The first-order chi connectivity index (χ1) is 8.56. The Morgan fingerprint density at radius 2 is 2.22 bits per heavy atom. The zero-order valence-electron chi connectivity index (χ0n) is 9.90. The summed E-state index contributed by atoms with van der Waals surface area (Å²) in [5.41, 5.74) is 0.660. The fourth-order valence-electron chi connectivity index (χ4n) is 1.78. The lowest BCUT2D eigenvalue weighted by Gasteiger charge is -2.11. The molecular formula is C13H16ClNO3. The van der Waals surface area contributed by atoms with Crippen LogP contribution in [0.15, 0.2) is 18.2 Å². The maximum absolute atomic E-state index is 11.7. The second-order valence-corrected chi connectivity index (χ2v) is 5.07. The highest BCUT2D eigenvalue weighted by atomic mass is 35.5. The first-order valence-corrected chi connectivity index (χ1v) is 6.36. The fraction of sp³-hybridized carbons (Fsp3) is 0.462. The van der Waals surface area contributed by atoms with Crippen molar-refractivity contribution in [1.82, 2.24) is 5.32 Å². The SMILES string of the molecule is O=C(Cc1ccc(O)cc1Cl)NCC(O)C1CC1. The number of carbonyl (C=O) groups is 1. The van der Waals surface area contributed by atoms with E-state index < -0.39 is 6.10 Å². The monoisotopic (exact) mass is 269 g/mol. The van der Waals surface area contributed by atoms with Crippen molar-refractivity contribution in [3.05, 3.63) is 28.8 Å². The van der Waals surface area contributed by atoms with E-state index in [1.54, 1.807) is 6.07 Å². The van der Waals surface area contributed by atoms with Crippen molar-refractivity contribution in [1.29, 1.82) is 0 Å². The summed E-state index contributed by atoms with van der Waals surface area (Å²) >= 11 is 5.91. The molecule has 18 heavy (non-hydrogen) atoms. The summed E-state index contributed by atoms with van der Waals surface area (Å²) in [4.78, 5) is 11.7. The van der Waals surface area contributed by atoms with E-state index in [0.29, 0.717) is 23.0 Å². The summed E-state index contributed by atoms with van der Waals surface area (Å²) in [6.45, 7) is 0.291. The molecule has 1 fully saturated rings. The van der Waals surface area contributed by atoms with Gasteiger partial charge in [0, 0.05) is 11.6 Å². The second kappa shape index (κ2) is 5.59. The lowest BCUT2D eigenvalue weighted by molar-refractivity contribution is -0.120. The molecule has 1 saturated carbocycles. The highest BCUT2D eigenvalue weighted by Gasteiger charge is 2.29. The average Bonchev–Trinajstić information content (AvgIpc) is 3.14. The Bertz CT molecular complexity index is 446. The molecule has 1 atom stereocenters. The average molecular weight is 270 g/mol. The maximum Gasteiger partial charge on any atom is 0.224 e. The number of hydrogen-bond acceptors (Lipinski definition) is 3. The predicted octanol–water partition coefficient (Wildman–Crippen LogP) is 1.48. The van der Waals surface area contributed by atoms with Gasteiger partial charge in [-0.25, -0.2) is 0 Å². The third-order valence-electron chi connectivity index (χ3n) is 3.06. The number of phenols is 1. The molecule has 0 bridgehead atoms.